The average molecular weight is 440 g/mol. The van der Waals surface area contributed by atoms with Crippen molar-refractivity contribution in [3.8, 4) is 0 Å². The number of halogens is 1. The molecule has 2 aliphatic heterocycles. The number of nitrogens with zero attached hydrogens (tertiary/aromatic N) is 3. The van der Waals surface area contributed by atoms with Crippen molar-refractivity contribution < 1.29 is 19.1 Å². The van der Waals surface area contributed by atoms with Gasteiger partial charge in [0.25, 0.3) is 11.8 Å². The van der Waals surface area contributed by atoms with Crippen molar-refractivity contribution in [2.45, 2.75) is 6.92 Å². The van der Waals surface area contributed by atoms with E-state index in [0.717, 1.165) is 10.6 Å². The number of imide groups is 1. The highest BCUT2D eigenvalue weighted by atomic mass is 35.5. The van der Waals surface area contributed by atoms with Crippen molar-refractivity contribution in [3.63, 3.8) is 0 Å². The first-order chi connectivity index (χ1) is 15.0. The maximum absolute atomic E-state index is 13.3. The van der Waals surface area contributed by atoms with Crippen LogP contribution < -0.4 is 9.80 Å². The molecule has 0 aliphatic carbocycles. The lowest BCUT2D eigenvalue weighted by Gasteiger charge is -2.37. The molecule has 0 atom stereocenters. The Morgan fingerprint density at radius 3 is 2.19 bits per heavy atom. The van der Waals surface area contributed by atoms with Gasteiger partial charge in [-0.15, -0.1) is 0 Å². The maximum Gasteiger partial charge on any atom is 0.340 e. The molecule has 8 heteroatoms. The normalized spacial score (nSPS) is 16.9. The lowest BCUT2D eigenvalue weighted by Crippen LogP contribution is -2.47. The maximum atomic E-state index is 13.3. The van der Waals surface area contributed by atoms with E-state index < -0.39 is 17.8 Å². The van der Waals surface area contributed by atoms with Crippen LogP contribution in [-0.2, 0) is 14.3 Å². The van der Waals surface area contributed by atoms with Gasteiger partial charge in [-0.3, -0.25) is 9.59 Å². The molecule has 2 aromatic carbocycles. The predicted octanol–water partition coefficient (Wildman–Crippen LogP) is 3.01. The fourth-order valence-electron chi connectivity index (χ4n) is 3.86. The molecule has 1 saturated heterocycles. The third kappa shape index (κ3) is 3.88. The molecule has 0 bridgehead atoms. The minimum Gasteiger partial charge on any atom is -0.462 e. The molecule has 7 nitrogen and oxygen atoms in total. The van der Waals surface area contributed by atoms with Crippen LogP contribution in [0.15, 0.2) is 65.3 Å². The Kier molecular flexibility index (Phi) is 5.95. The van der Waals surface area contributed by atoms with Crippen LogP contribution >= 0.6 is 11.6 Å². The number of carbonyl (C=O) groups excluding carboxylic acids is 3. The molecule has 31 heavy (non-hydrogen) atoms. The highest BCUT2D eigenvalue weighted by molar-refractivity contribution is 6.52. The molecule has 0 aromatic heterocycles. The summed E-state index contributed by atoms with van der Waals surface area (Å²) in [7, 11) is 0. The van der Waals surface area contributed by atoms with E-state index in [4.69, 9.17) is 16.3 Å². The van der Waals surface area contributed by atoms with E-state index in [9.17, 15) is 14.4 Å². The van der Waals surface area contributed by atoms with E-state index in [0.29, 0.717) is 26.2 Å². The molecular weight excluding hydrogens is 418 g/mol. The summed E-state index contributed by atoms with van der Waals surface area (Å²) >= 11 is 6.34. The molecule has 2 aromatic rings. The molecule has 160 valence electrons. The third-order valence-corrected chi connectivity index (χ3v) is 5.70. The van der Waals surface area contributed by atoms with Crippen LogP contribution in [0.4, 0.5) is 11.4 Å². The number of rotatable bonds is 5. The lowest BCUT2D eigenvalue weighted by atomic mass is 10.1. The number of benzene rings is 2. The zero-order valence-electron chi connectivity index (χ0n) is 17.1. The Morgan fingerprint density at radius 2 is 1.52 bits per heavy atom. The molecule has 0 N–H and O–H groups in total. The zero-order chi connectivity index (χ0) is 22.0. The largest absolute Gasteiger partial charge is 0.462 e. The van der Waals surface area contributed by atoms with E-state index in [-0.39, 0.29) is 28.6 Å². The first kappa shape index (κ1) is 20.9. The van der Waals surface area contributed by atoms with Crippen LogP contribution in [0.5, 0.6) is 0 Å². The Hall–Kier alpha value is -3.32. The predicted molar refractivity (Wildman–Crippen MR) is 118 cm³/mol. The van der Waals surface area contributed by atoms with Crippen LogP contribution in [0.1, 0.15) is 17.3 Å². The van der Waals surface area contributed by atoms with Gasteiger partial charge in [-0.2, -0.15) is 0 Å². The average Bonchev–Trinajstić information content (AvgIpc) is 3.02. The van der Waals surface area contributed by atoms with E-state index >= 15 is 0 Å². The van der Waals surface area contributed by atoms with Crippen LogP contribution in [0.2, 0.25) is 0 Å². The molecule has 2 amide bonds. The van der Waals surface area contributed by atoms with Crippen molar-refractivity contribution in [3.05, 3.63) is 70.9 Å². The molecule has 0 saturated carbocycles. The first-order valence-corrected chi connectivity index (χ1v) is 10.5. The fraction of sp³-hybridized carbons (Fsp3) is 0.261. The standard InChI is InChI=1S/C23H22ClN3O4/c1-2-31-23(30)17-10-6-7-11-18(17)27-21(28)19(24)20(22(27)29)26-14-12-25(13-15-26)16-8-4-3-5-9-16/h3-11H,2,12-15H2,1H3. The van der Waals surface area contributed by atoms with Crippen LogP contribution in [0.25, 0.3) is 0 Å². The molecule has 0 unspecified atom stereocenters. The molecular formula is C23H22ClN3O4. The number of hydrogen-bond donors (Lipinski definition) is 0. The third-order valence-electron chi connectivity index (χ3n) is 5.36. The van der Waals surface area contributed by atoms with Crippen LogP contribution in [0.3, 0.4) is 0 Å². The number of ether oxygens (including phenoxy) is 1. The summed E-state index contributed by atoms with van der Waals surface area (Å²) in [5.74, 6) is -1.76. The van der Waals surface area contributed by atoms with Gasteiger partial charge in [-0.25, -0.2) is 9.69 Å². The quantitative estimate of drug-likeness (QED) is 0.527. The molecule has 2 aliphatic rings. The van der Waals surface area contributed by atoms with Gasteiger partial charge in [-0.05, 0) is 31.2 Å². The first-order valence-electron chi connectivity index (χ1n) is 10.1. The number of para-hydroxylation sites is 2. The monoisotopic (exact) mass is 439 g/mol. The van der Waals surface area contributed by atoms with Gasteiger partial charge in [0.1, 0.15) is 10.7 Å². The molecule has 0 spiro atoms. The van der Waals surface area contributed by atoms with E-state index in [1.807, 2.05) is 35.2 Å². The van der Waals surface area contributed by atoms with Gasteiger partial charge in [0.2, 0.25) is 0 Å². The van der Waals surface area contributed by atoms with E-state index in [1.165, 1.54) is 6.07 Å². The fourth-order valence-corrected chi connectivity index (χ4v) is 4.15. The number of carbonyl (C=O) groups is 3. The van der Waals surface area contributed by atoms with Crippen molar-refractivity contribution >= 4 is 40.8 Å². The summed E-state index contributed by atoms with van der Waals surface area (Å²) < 4.78 is 5.07. The molecule has 4 rings (SSSR count). The van der Waals surface area contributed by atoms with E-state index in [2.05, 4.69) is 4.90 Å². The Balaban J connectivity index is 1.56. The van der Waals surface area contributed by atoms with Gasteiger partial charge in [0, 0.05) is 31.9 Å². The summed E-state index contributed by atoms with van der Waals surface area (Å²) in [6, 6.07) is 16.4. The Labute approximate surface area is 185 Å². The lowest BCUT2D eigenvalue weighted by molar-refractivity contribution is -0.121. The van der Waals surface area contributed by atoms with Crippen molar-refractivity contribution in [1.29, 1.82) is 0 Å². The summed E-state index contributed by atoms with van der Waals surface area (Å²) in [4.78, 5) is 43.5. The SMILES string of the molecule is CCOC(=O)c1ccccc1N1C(=O)C(Cl)=C(N2CCN(c3ccccc3)CC2)C1=O. The van der Waals surface area contributed by atoms with Gasteiger partial charge in [-0.1, -0.05) is 41.9 Å². The zero-order valence-corrected chi connectivity index (χ0v) is 17.8. The number of amides is 2. The summed E-state index contributed by atoms with van der Waals surface area (Å²) in [6.07, 6.45) is 0. The van der Waals surface area contributed by atoms with Gasteiger partial charge in [0.15, 0.2) is 0 Å². The molecule has 1 fully saturated rings. The molecule has 2 heterocycles. The molecule has 0 radical (unpaired) electrons. The second kappa shape index (κ2) is 8.81. The van der Waals surface area contributed by atoms with Crippen LogP contribution in [-0.4, -0.2) is 55.5 Å². The van der Waals surface area contributed by atoms with Gasteiger partial charge < -0.3 is 14.5 Å². The summed E-state index contributed by atoms with van der Waals surface area (Å²) in [5.41, 5.74) is 1.61. The topological polar surface area (TPSA) is 70.2 Å². The minimum atomic E-state index is -0.635. The number of piperazine rings is 1. The smallest absolute Gasteiger partial charge is 0.340 e. The van der Waals surface area contributed by atoms with Gasteiger partial charge in [0.05, 0.1) is 17.9 Å². The Bertz CT molecular complexity index is 1050. The minimum absolute atomic E-state index is 0.128. The van der Waals surface area contributed by atoms with Crippen LogP contribution in [0, 0.1) is 0 Å². The second-order valence-corrected chi connectivity index (χ2v) is 7.53. The van der Waals surface area contributed by atoms with Crippen molar-refractivity contribution in [2.75, 3.05) is 42.6 Å². The van der Waals surface area contributed by atoms with Crippen molar-refractivity contribution in [2.24, 2.45) is 0 Å². The second-order valence-electron chi connectivity index (χ2n) is 7.16. The van der Waals surface area contributed by atoms with E-state index in [1.54, 1.807) is 25.1 Å². The van der Waals surface area contributed by atoms with Gasteiger partial charge >= 0.3 is 5.97 Å². The summed E-state index contributed by atoms with van der Waals surface area (Å²) in [5, 5.41) is -0.128. The Morgan fingerprint density at radius 1 is 0.903 bits per heavy atom. The highest BCUT2D eigenvalue weighted by Gasteiger charge is 2.43. The highest BCUT2D eigenvalue weighted by Crippen LogP contribution is 2.34. The summed E-state index contributed by atoms with van der Waals surface area (Å²) in [6.45, 7) is 4.36. The number of hydrogen-bond acceptors (Lipinski definition) is 6. The number of anilines is 2. The number of esters is 1. The van der Waals surface area contributed by atoms with Crippen molar-refractivity contribution in [1.82, 2.24) is 4.90 Å².